The molecule has 8 aromatic carbocycles. The van der Waals surface area contributed by atoms with Crippen molar-refractivity contribution in [2.45, 2.75) is 12.3 Å². The minimum atomic E-state index is -0.792. The highest BCUT2D eigenvalue weighted by Crippen LogP contribution is 2.50. The molecule has 0 saturated heterocycles. The number of phenols is 1. The molecule has 52 heavy (non-hydrogen) atoms. The number of aromatic hydroxyl groups is 1. The smallest absolute Gasteiger partial charge is 0.129 e. The van der Waals surface area contributed by atoms with Crippen molar-refractivity contribution in [1.82, 2.24) is 0 Å². The van der Waals surface area contributed by atoms with E-state index in [1.807, 2.05) is 30.5 Å². The summed E-state index contributed by atoms with van der Waals surface area (Å²) in [5.41, 5.74) is 9.07. The summed E-state index contributed by atoms with van der Waals surface area (Å²) in [7, 11) is 4.18. The highest BCUT2D eigenvalue weighted by atomic mass is 16.3. The lowest BCUT2D eigenvalue weighted by Gasteiger charge is -2.37. The van der Waals surface area contributed by atoms with Crippen LogP contribution in [0, 0.1) is 6.92 Å². The number of anilines is 1. The van der Waals surface area contributed by atoms with Gasteiger partial charge in [-0.2, -0.15) is 0 Å². The topological polar surface area (TPSA) is 35.8 Å². The second kappa shape index (κ2) is 13.7. The quantitative estimate of drug-likeness (QED) is 0.129. The summed E-state index contributed by atoms with van der Waals surface area (Å²) in [6.45, 7) is 2.09. The molecule has 0 saturated carbocycles. The molecule has 0 aliphatic rings. The summed E-state index contributed by atoms with van der Waals surface area (Å²) in [4.78, 5) is 7.42. The fourth-order valence-corrected chi connectivity index (χ4v) is 7.89. The zero-order chi connectivity index (χ0) is 35.7. The molecule has 0 unspecified atom stereocenters. The molecule has 8 rings (SSSR count). The van der Waals surface area contributed by atoms with Gasteiger partial charge in [-0.1, -0.05) is 158 Å². The van der Waals surface area contributed by atoms with Crippen molar-refractivity contribution in [3.05, 3.63) is 209 Å². The lowest BCUT2D eigenvalue weighted by Crippen LogP contribution is -2.31. The van der Waals surface area contributed by atoms with Crippen LogP contribution < -0.4 is 4.90 Å². The summed E-state index contributed by atoms with van der Waals surface area (Å²) in [5, 5.41) is 17.1. The molecule has 0 atom stereocenters. The standard InChI is InChI=1S/C49H40N2O/c1-34-31-37(48(52)43(32-34)49(38-19-7-4-8-20-38,39-21-9-5-10-22-39)40-23-11-6-12-24-40)33-50-44-29-27-35-17-13-15-25-41(35)46(44)47-42-26-16-14-18-36(42)28-30-45(47)51(2)3/h4-33,52H,1-3H3. The third-order valence-corrected chi connectivity index (χ3v) is 10.2. The van der Waals surface area contributed by atoms with Gasteiger partial charge in [0.15, 0.2) is 0 Å². The molecule has 0 spiro atoms. The fourth-order valence-electron chi connectivity index (χ4n) is 7.89. The number of nitrogens with zero attached hydrogens (tertiary/aromatic N) is 2. The summed E-state index contributed by atoms with van der Waals surface area (Å²) in [6.07, 6.45) is 1.84. The molecule has 0 heterocycles. The second-order valence-electron chi connectivity index (χ2n) is 13.6. The van der Waals surface area contributed by atoms with Crippen molar-refractivity contribution in [3.8, 4) is 16.9 Å². The van der Waals surface area contributed by atoms with E-state index in [2.05, 4.69) is 178 Å². The summed E-state index contributed by atoms with van der Waals surface area (Å²) < 4.78 is 0. The minimum Gasteiger partial charge on any atom is -0.507 e. The van der Waals surface area contributed by atoms with E-state index in [1.165, 1.54) is 10.8 Å². The van der Waals surface area contributed by atoms with Gasteiger partial charge in [-0.15, -0.1) is 0 Å². The molecule has 1 N–H and O–H groups in total. The van der Waals surface area contributed by atoms with E-state index >= 15 is 0 Å². The van der Waals surface area contributed by atoms with Crippen LogP contribution in [-0.2, 0) is 5.41 Å². The average Bonchev–Trinajstić information content (AvgIpc) is 3.19. The predicted octanol–water partition coefficient (Wildman–Crippen LogP) is 11.9. The first kappa shape index (κ1) is 32.7. The predicted molar refractivity (Wildman–Crippen MR) is 220 cm³/mol. The molecule has 0 radical (unpaired) electrons. The van der Waals surface area contributed by atoms with Crippen molar-refractivity contribution in [3.63, 3.8) is 0 Å². The Bertz CT molecular complexity index is 2460. The second-order valence-corrected chi connectivity index (χ2v) is 13.6. The number of rotatable bonds is 8. The van der Waals surface area contributed by atoms with E-state index in [9.17, 15) is 5.11 Å². The van der Waals surface area contributed by atoms with Crippen LogP contribution in [-0.4, -0.2) is 25.4 Å². The van der Waals surface area contributed by atoms with Crippen molar-refractivity contribution in [2.24, 2.45) is 4.99 Å². The molecule has 3 heteroatoms. The maximum absolute atomic E-state index is 12.5. The van der Waals surface area contributed by atoms with Crippen LogP contribution >= 0.6 is 0 Å². The maximum Gasteiger partial charge on any atom is 0.129 e. The fraction of sp³-hybridized carbons (Fsp3) is 0.0816. The number of aryl methyl sites for hydroxylation is 1. The van der Waals surface area contributed by atoms with Gasteiger partial charge in [-0.05, 0) is 68.9 Å². The lowest BCUT2D eigenvalue weighted by atomic mass is 9.64. The molecular formula is C49H40N2O. The first-order valence-electron chi connectivity index (χ1n) is 17.7. The maximum atomic E-state index is 12.5. The molecule has 0 aliphatic carbocycles. The molecule has 0 amide bonds. The SMILES string of the molecule is Cc1cc(C=Nc2ccc3ccccc3c2-c2c(N(C)C)ccc3ccccc23)c(O)c(C(c2ccccc2)(c2ccccc2)c2ccccc2)c1. The van der Waals surface area contributed by atoms with Crippen LogP contribution in [0.25, 0.3) is 32.7 Å². The lowest BCUT2D eigenvalue weighted by molar-refractivity contribution is 0.459. The van der Waals surface area contributed by atoms with E-state index in [1.54, 1.807) is 0 Å². The van der Waals surface area contributed by atoms with Gasteiger partial charge in [0.1, 0.15) is 5.75 Å². The van der Waals surface area contributed by atoms with Gasteiger partial charge < -0.3 is 10.0 Å². The number of hydrogen-bond acceptors (Lipinski definition) is 3. The van der Waals surface area contributed by atoms with Crippen molar-refractivity contribution in [2.75, 3.05) is 19.0 Å². The van der Waals surface area contributed by atoms with Gasteiger partial charge in [-0.25, -0.2) is 0 Å². The highest BCUT2D eigenvalue weighted by molar-refractivity contribution is 6.13. The molecule has 3 nitrogen and oxygen atoms in total. The van der Waals surface area contributed by atoms with E-state index in [0.717, 1.165) is 61.1 Å². The largest absolute Gasteiger partial charge is 0.507 e. The van der Waals surface area contributed by atoms with Gasteiger partial charge >= 0.3 is 0 Å². The van der Waals surface area contributed by atoms with E-state index < -0.39 is 5.41 Å². The Morgan fingerprint density at radius 2 is 1.02 bits per heavy atom. The number of phenolic OH excluding ortho intramolecular Hbond substituents is 1. The summed E-state index contributed by atoms with van der Waals surface area (Å²) in [5.74, 6) is 0.201. The van der Waals surface area contributed by atoms with Gasteiger partial charge in [0, 0.05) is 48.3 Å². The van der Waals surface area contributed by atoms with Crippen LogP contribution in [0.2, 0.25) is 0 Å². The van der Waals surface area contributed by atoms with Gasteiger partial charge in [0.05, 0.1) is 11.1 Å². The van der Waals surface area contributed by atoms with E-state index in [-0.39, 0.29) is 5.75 Å². The molecule has 0 aliphatic heterocycles. The molecule has 8 aromatic rings. The van der Waals surface area contributed by atoms with E-state index in [4.69, 9.17) is 4.99 Å². The van der Waals surface area contributed by atoms with Crippen LogP contribution in [0.5, 0.6) is 5.75 Å². The Morgan fingerprint density at radius 1 is 0.538 bits per heavy atom. The number of hydrogen-bond donors (Lipinski definition) is 1. The number of benzene rings is 8. The summed E-state index contributed by atoms with van der Waals surface area (Å²) in [6, 6.07) is 61.3. The summed E-state index contributed by atoms with van der Waals surface area (Å²) >= 11 is 0. The molecular weight excluding hydrogens is 633 g/mol. The Hall–Kier alpha value is -6.45. The van der Waals surface area contributed by atoms with Gasteiger partial charge in [0.2, 0.25) is 0 Å². The van der Waals surface area contributed by atoms with Crippen molar-refractivity contribution in [1.29, 1.82) is 0 Å². The van der Waals surface area contributed by atoms with Crippen LogP contribution in [0.15, 0.2) is 181 Å². The molecule has 252 valence electrons. The zero-order valence-corrected chi connectivity index (χ0v) is 29.7. The number of fused-ring (bicyclic) bond motifs is 2. The Labute approximate surface area is 305 Å². The third kappa shape index (κ3) is 5.61. The molecule has 0 bridgehead atoms. The Morgan fingerprint density at radius 3 is 1.56 bits per heavy atom. The average molecular weight is 673 g/mol. The molecule has 0 aromatic heterocycles. The third-order valence-electron chi connectivity index (χ3n) is 10.2. The normalized spacial score (nSPS) is 11.8. The minimum absolute atomic E-state index is 0.201. The first-order chi connectivity index (χ1) is 25.5. The first-order valence-corrected chi connectivity index (χ1v) is 17.7. The van der Waals surface area contributed by atoms with Crippen LogP contribution in [0.3, 0.4) is 0 Å². The molecule has 0 fully saturated rings. The highest BCUT2D eigenvalue weighted by Gasteiger charge is 2.40. The zero-order valence-electron chi connectivity index (χ0n) is 29.7. The number of aliphatic imine (C=N–C) groups is 1. The van der Waals surface area contributed by atoms with Crippen LogP contribution in [0.4, 0.5) is 11.4 Å². The van der Waals surface area contributed by atoms with Crippen molar-refractivity contribution >= 4 is 39.1 Å². The monoisotopic (exact) mass is 672 g/mol. The van der Waals surface area contributed by atoms with Gasteiger partial charge in [-0.3, -0.25) is 4.99 Å². The van der Waals surface area contributed by atoms with Crippen molar-refractivity contribution < 1.29 is 5.11 Å². The Kier molecular flexibility index (Phi) is 8.62. The Balaban J connectivity index is 1.39. The van der Waals surface area contributed by atoms with Crippen LogP contribution in [0.1, 0.15) is 33.4 Å². The van der Waals surface area contributed by atoms with Gasteiger partial charge in [0.25, 0.3) is 0 Å². The van der Waals surface area contributed by atoms with E-state index in [0.29, 0.717) is 5.56 Å².